The third-order valence-corrected chi connectivity index (χ3v) is 4.67. The third-order valence-electron chi connectivity index (χ3n) is 3.86. The Morgan fingerprint density at radius 2 is 2.16 bits per heavy atom. The lowest BCUT2D eigenvalue weighted by molar-refractivity contribution is -0.117. The van der Waals surface area contributed by atoms with Gasteiger partial charge in [-0.2, -0.15) is 0 Å². The van der Waals surface area contributed by atoms with Crippen molar-refractivity contribution in [2.75, 3.05) is 32.1 Å². The molecule has 6 nitrogen and oxygen atoms in total. The van der Waals surface area contributed by atoms with Gasteiger partial charge in [-0.15, -0.1) is 10.2 Å². The van der Waals surface area contributed by atoms with E-state index in [0.29, 0.717) is 24.8 Å². The van der Waals surface area contributed by atoms with Crippen molar-refractivity contribution < 1.29 is 13.9 Å². The molecule has 0 atom stereocenters. The van der Waals surface area contributed by atoms with E-state index in [1.54, 1.807) is 19.2 Å². The fourth-order valence-corrected chi connectivity index (χ4v) is 3.36. The molecule has 0 saturated heterocycles. The smallest absolute Gasteiger partial charge is 0.240 e. The molecule has 0 unspecified atom stereocenters. The molecule has 0 bridgehead atoms. The van der Waals surface area contributed by atoms with Gasteiger partial charge in [0.15, 0.2) is 0 Å². The molecule has 25 heavy (non-hydrogen) atoms. The van der Waals surface area contributed by atoms with Crippen molar-refractivity contribution in [1.29, 1.82) is 0 Å². The van der Waals surface area contributed by atoms with E-state index in [2.05, 4.69) is 26.5 Å². The predicted molar refractivity (Wildman–Crippen MR) is 94.7 cm³/mol. The summed E-state index contributed by atoms with van der Waals surface area (Å²) in [6.07, 6.45) is 2.92. The van der Waals surface area contributed by atoms with Gasteiger partial charge in [-0.05, 0) is 29.7 Å². The normalized spacial score (nSPS) is 15.0. The Labute approximate surface area is 149 Å². The van der Waals surface area contributed by atoms with Gasteiger partial charge in [0, 0.05) is 20.2 Å². The van der Waals surface area contributed by atoms with Crippen LogP contribution in [0, 0.1) is 5.82 Å². The van der Waals surface area contributed by atoms with Gasteiger partial charge in [0.25, 0.3) is 0 Å². The molecule has 132 valence electrons. The van der Waals surface area contributed by atoms with Crippen molar-refractivity contribution in [1.82, 2.24) is 15.1 Å². The zero-order chi connectivity index (χ0) is 17.6. The van der Waals surface area contributed by atoms with E-state index < -0.39 is 0 Å². The molecule has 1 aromatic carbocycles. The van der Waals surface area contributed by atoms with Crippen LogP contribution in [0.1, 0.15) is 17.0 Å². The molecule has 1 aliphatic heterocycles. The minimum Gasteiger partial charge on any atom is -0.377 e. The first-order valence-corrected chi connectivity index (χ1v) is 8.74. The maximum Gasteiger partial charge on any atom is 0.240 e. The Hall–Kier alpha value is -2.16. The summed E-state index contributed by atoms with van der Waals surface area (Å²) in [6.45, 7) is 2.15. The van der Waals surface area contributed by atoms with Crippen LogP contribution in [-0.2, 0) is 16.1 Å². The van der Waals surface area contributed by atoms with E-state index in [4.69, 9.17) is 4.74 Å². The molecule has 0 saturated carbocycles. The fourth-order valence-electron chi connectivity index (χ4n) is 2.63. The summed E-state index contributed by atoms with van der Waals surface area (Å²) in [5, 5.41) is 11.8. The molecule has 0 fully saturated rings. The van der Waals surface area contributed by atoms with Crippen LogP contribution in [0.2, 0.25) is 0 Å². The summed E-state index contributed by atoms with van der Waals surface area (Å²) in [6, 6.07) is 6.51. The van der Waals surface area contributed by atoms with Crippen molar-refractivity contribution in [3.8, 4) is 0 Å². The molecule has 1 aliphatic rings. The van der Waals surface area contributed by atoms with E-state index in [1.165, 1.54) is 29.0 Å². The molecule has 3 rings (SSSR count). The number of ether oxygens (including phenoxy) is 1. The molecule has 0 aliphatic carbocycles. The number of methoxy groups -OCH3 is 1. The maximum atomic E-state index is 13.0. The number of hydrogen-bond acceptors (Lipinski definition) is 6. The van der Waals surface area contributed by atoms with Gasteiger partial charge in [-0.1, -0.05) is 29.5 Å². The van der Waals surface area contributed by atoms with E-state index in [-0.39, 0.29) is 11.7 Å². The molecule has 2 aromatic rings. The lowest BCUT2D eigenvalue weighted by Crippen LogP contribution is -2.36. The molecule has 8 heteroatoms. The average molecular weight is 362 g/mol. The van der Waals surface area contributed by atoms with Gasteiger partial charge >= 0.3 is 0 Å². The number of nitrogens with zero attached hydrogens (tertiary/aromatic N) is 3. The lowest BCUT2D eigenvalue weighted by Gasteiger charge is -2.25. The van der Waals surface area contributed by atoms with Crippen molar-refractivity contribution >= 4 is 27.9 Å². The summed E-state index contributed by atoms with van der Waals surface area (Å²) in [7, 11) is 1.59. The number of nitrogens with one attached hydrogen (secondary N) is 1. The number of anilines is 1. The Morgan fingerprint density at radius 3 is 2.84 bits per heavy atom. The van der Waals surface area contributed by atoms with Gasteiger partial charge in [0.05, 0.1) is 6.54 Å². The zero-order valence-corrected chi connectivity index (χ0v) is 14.7. The molecular formula is C17H19FN4O2S. The highest BCUT2D eigenvalue weighted by atomic mass is 32.1. The summed E-state index contributed by atoms with van der Waals surface area (Å²) >= 11 is 1.31. The first-order valence-electron chi connectivity index (χ1n) is 7.92. The highest BCUT2D eigenvalue weighted by Crippen LogP contribution is 2.22. The summed E-state index contributed by atoms with van der Waals surface area (Å²) in [4.78, 5) is 14.2. The molecule has 1 amide bonds. The van der Waals surface area contributed by atoms with Gasteiger partial charge in [0.1, 0.15) is 17.4 Å². The Morgan fingerprint density at radius 1 is 1.36 bits per heavy atom. The number of carbonyl (C=O) groups excluding carboxylic acids is 1. The lowest BCUT2D eigenvalue weighted by atomic mass is 9.99. The molecule has 1 aromatic heterocycles. The Balaban J connectivity index is 1.50. The summed E-state index contributed by atoms with van der Waals surface area (Å²) < 4.78 is 18.0. The first-order chi connectivity index (χ1) is 12.1. The highest BCUT2D eigenvalue weighted by Gasteiger charge is 2.17. The van der Waals surface area contributed by atoms with E-state index >= 15 is 0 Å². The number of halogens is 1. The molecule has 2 heterocycles. The third kappa shape index (κ3) is 4.91. The SMILES string of the molecule is COCc1nnc(NC(=O)CN2CC=C(c3ccc(F)cc3)CC2)s1. The van der Waals surface area contributed by atoms with Gasteiger partial charge in [-0.25, -0.2) is 4.39 Å². The zero-order valence-electron chi connectivity index (χ0n) is 13.9. The minimum absolute atomic E-state index is 0.112. The summed E-state index contributed by atoms with van der Waals surface area (Å²) in [5.74, 6) is -0.345. The second-order valence-corrected chi connectivity index (χ2v) is 6.77. The highest BCUT2D eigenvalue weighted by molar-refractivity contribution is 7.15. The van der Waals surface area contributed by atoms with Crippen LogP contribution in [0.4, 0.5) is 9.52 Å². The van der Waals surface area contributed by atoms with Crippen LogP contribution >= 0.6 is 11.3 Å². The molecule has 0 radical (unpaired) electrons. The fraction of sp³-hybridized carbons (Fsp3) is 0.353. The second-order valence-electron chi connectivity index (χ2n) is 5.70. The van der Waals surface area contributed by atoms with Crippen LogP contribution < -0.4 is 5.32 Å². The van der Waals surface area contributed by atoms with Crippen LogP contribution in [0.25, 0.3) is 5.57 Å². The van der Waals surface area contributed by atoms with E-state index in [0.717, 1.165) is 23.5 Å². The largest absolute Gasteiger partial charge is 0.377 e. The Bertz CT molecular complexity index is 760. The predicted octanol–water partition coefficient (Wildman–Crippen LogP) is 2.55. The topological polar surface area (TPSA) is 67.4 Å². The summed E-state index contributed by atoms with van der Waals surface area (Å²) in [5.41, 5.74) is 2.22. The number of hydrogen-bond donors (Lipinski definition) is 1. The number of aromatic nitrogens is 2. The van der Waals surface area contributed by atoms with Crippen LogP contribution in [0.3, 0.4) is 0 Å². The standard InChI is InChI=1S/C17H19FN4O2S/c1-24-11-16-20-21-17(25-16)19-15(23)10-22-8-6-13(7-9-22)12-2-4-14(18)5-3-12/h2-6H,7-11H2,1H3,(H,19,21,23). The quantitative estimate of drug-likeness (QED) is 0.855. The molecule has 0 spiro atoms. The van der Waals surface area contributed by atoms with Crippen molar-refractivity contribution in [3.63, 3.8) is 0 Å². The number of amides is 1. The van der Waals surface area contributed by atoms with Crippen LogP contribution in [-0.4, -0.2) is 47.7 Å². The van der Waals surface area contributed by atoms with Gasteiger partial charge in [-0.3, -0.25) is 15.0 Å². The average Bonchev–Trinajstić information content (AvgIpc) is 3.03. The van der Waals surface area contributed by atoms with Gasteiger partial charge < -0.3 is 4.74 Å². The van der Waals surface area contributed by atoms with Crippen molar-refractivity contribution in [2.45, 2.75) is 13.0 Å². The molecule has 1 N–H and O–H groups in total. The van der Waals surface area contributed by atoms with E-state index in [1.807, 2.05) is 0 Å². The van der Waals surface area contributed by atoms with Crippen LogP contribution in [0.5, 0.6) is 0 Å². The molecular weight excluding hydrogens is 343 g/mol. The minimum atomic E-state index is -0.233. The monoisotopic (exact) mass is 362 g/mol. The first kappa shape index (κ1) is 17.7. The maximum absolute atomic E-state index is 13.0. The number of carbonyl (C=O) groups is 1. The van der Waals surface area contributed by atoms with Gasteiger partial charge in [0.2, 0.25) is 11.0 Å². The van der Waals surface area contributed by atoms with Crippen molar-refractivity contribution in [2.24, 2.45) is 0 Å². The van der Waals surface area contributed by atoms with E-state index in [9.17, 15) is 9.18 Å². The number of benzene rings is 1. The van der Waals surface area contributed by atoms with Crippen LogP contribution in [0.15, 0.2) is 30.3 Å². The Kier molecular flexibility index (Phi) is 5.85. The van der Waals surface area contributed by atoms with Crippen molar-refractivity contribution in [3.05, 3.63) is 46.7 Å². The number of rotatable bonds is 6. The second kappa shape index (κ2) is 8.28.